The number of carboxylic acid groups (broad SMARTS) is 2. The van der Waals surface area contributed by atoms with E-state index in [0.717, 1.165) is 26.2 Å². The second kappa shape index (κ2) is 27.6. The Bertz CT molecular complexity index is 1410. The summed E-state index contributed by atoms with van der Waals surface area (Å²) in [6.45, 7) is 10.8. The zero-order valence-electron chi connectivity index (χ0n) is 27.6. The Kier molecular flexibility index (Phi) is 27.6. The van der Waals surface area contributed by atoms with Gasteiger partial charge in [-0.25, -0.2) is 0 Å². The minimum Gasteiger partial charge on any atom is -0.545 e. The summed E-state index contributed by atoms with van der Waals surface area (Å²) in [5, 5.41) is 20.9. The summed E-state index contributed by atoms with van der Waals surface area (Å²) in [7, 11) is 0. The van der Waals surface area contributed by atoms with Gasteiger partial charge in [0, 0.05) is 72.1 Å². The van der Waals surface area contributed by atoms with E-state index in [0.29, 0.717) is 11.1 Å². The first-order valence-electron chi connectivity index (χ1n) is 14.3. The van der Waals surface area contributed by atoms with Crippen molar-refractivity contribution in [3.63, 3.8) is 0 Å². The van der Waals surface area contributed by atoms with Crippen LogP contribution in [0.3, 0.4) is 0 Å². The summed E-state index contributed by atoms with van der Waals surface area (Å²) in [6.07, 6.45) is 6.53. The molecule has 0 aliphatic heterocycles. The fraction of sp³-hybridized carbons (Fsp3) is 0.235. The average Bonchev–Trinajstić information content (AvgIpc) is 3.07. The summed E-state index contributed by atoms with van der Waals surface area (Å²) in [5.74, 6) is -2.38. The minimum absolute atomic E-state index is 0. The predicted molar refractivity (Wildman–Crippen MR) is 184 cm³/mol. The molecule has 0 saturated carbocycles. The number of pyridine rings is 2. The van der Waals surface area contributed by atoms with E-state index < -0.39 is 11.9 Å². The van der Waals surface area contributed by atoms with Gasteiger partial charge in [-0.1, -0.05) is 59.6 Å². The number of rotatable bonds is 8. The summed E-state index contributed by atoms with van der Waals surface area (Å²) in [4.78, 5) is 55.2. The number of halogens is 2. The van der Waals surface area contributed by atoms with Crippen LogP contribution >= 0.6 is 23.2 Å². The molecule has 4 aromatic rings. The van der Waals surface area contributed by atoms with E-state index >= 15 is 0 Å². The van der Waals surface area contributed by atoms with Crippen LogP contribution < -0.4 is 10.2 Å². The van der Waals surface area contributed by atoms with E-state index in [4.69, 9.17) is 23.2 Å². The molecule has 6 N–H and O–H groups in total. The van der Waals surface area contributed by atoms with Gasteiger partial charge in [0.1, 0.15) is 0 Å². The molecule has 2 amide bonds. The monoisotopic (exact) mass is 759 g/mol. The Morgan fingerprint density at radius 2 is 0.878 bits per heavy atom. The van der Waals surface area contributed by atoms with Gasteiger partial charge in [0.2, 0.25) is 0 Å². The maximum absolute atomic E-state index is 11.7. The van der Waals surface area contributed by atoms with Crippen LogP contribution in [0.15, 0.2) is 97.6 Å². The number of amides is 2. The smallest absolute Gasteiger partial charge is 0.545 e. The van der Waals surface area contributed by atoms with Crippen LogP contribution in [0.5, 0.6) is 0 Å². The third kappa shape index (κ3) is 17.6. The van der Waals surface area contributed by atoms with E-state index in [9.17, 15) is 29.4 Å². The first-order chi connectivity index (χ1) is 22.0. The van der Waals surface area contributed by atoms with Gasteiger partial charge >= 0.3 is 17.1 Å². The molecule has 49 heavy (non-hydrogen) atoms. The van der Waals surface area contributed by atoms with Crippen molar-refractivity contribution in [1.29, 1.82) is 0 Å². The standard InChI is InChI=1S/2C10H14N2O.2C7H5ClO2.Mn.2H2O/c2*1-3-12(4-2)10(13)9-6-5-7-11-8-9;2*8-6-4-2-1-3-5(6)7(9)10;;;/h2*5-8H,3-4H2,1-2H3;2*1-4H,(H,9,10);;2*1H2/q;;;;+2;;. The Labute approximate surface area is 306 Å². The molecule has 0 bridgehead atoms. The molecule has 15 heteroatoms. The van der Waals surface area contributed by atoms with Gasteiger partial charge < -0.3 is 40.6 Å². The molecule has 0 unspecified atom stereocenters. The molecule has 4 rings (SSSR count). The topological polar surface area (TPSA) is 213 Å². The molecule has 2 aromatic carbocycles. The van der Waals surface area contributed by atoms with Crippen LogP contribution in [-0.2, 0) is 28.0 Å². The molecule has 265 valence electrons. The van der Waals surface area contributed by atoms with Gasteiger partial charge in [-0.15, -0.1) is 0 Å². The first-order valence-corrected chi connectivity index (χ1v) is 15.1. The molecule has 0 spiro atoms. The molecular formula is C34H42Cl2MnN4O8+2. The fourth-order valence-corrected chi connectivity index (χ4v) is 4.04. The van der Waals surface area contributed by atoms with Crippen molar-refractivity contribution in [3.8, 4) is 0 Å². The Morgan fingerprint density at radius 3 is 1.08 bits per heavy atom. The largest absolute Gasteiger partial charge is 2.00 e. The van der Waals surface area contributed by atoms with Gasteiger partial charge in [-0.05, 0) is 64.1 Å². The molecule has 12 nitrogen and oxygen atoms in total. The van der Waals surface area contributed by atoms with Gasteiger partial charge in [0.05, 0.1) is 23.1 Å². The van der Waals surface area contributed by atoms with Crippen molar-refractivity contribution >= 4 is 47.0 Å². The normalized spacial score (nSPS) is 8.94. The molecule has 2 heterocycles. The molecule has 0 fully saturated rings. The summed E-state index contributed by atoms with van der Waals surface area (Å²) >= 11 is 11.0. The summed E-state index contributed by atoms with van der Waals surface area (Å²) < 4.78 is 0. The number of nitrogens with zero attached hydrogens (tertiary/aromatic N) is 4. The Hall–Kier alpha value is -4.36. The van der Waals surface area contributed by atoms with Gasteiger partial charge in [-0.3, -0.25) is 19.6 Å². The molecule has 0 aliphatic carbocycles. The van der Waals surface area contributed by atoms with Gasteiger partial charge in [0.25, 0.3) is 11.8 Å². The van der Waals surface area contributed by atoms with Crippen LogP contribution in [-0.4, -0.2) is 69.7 Å². The van der Waals surface area contributed by atoms with E-state index in [-0.39, 0.29) is 61.0 Å². The number of carbonyl (C=O) groups excluding carboxylic acids is 4. The van der Waals surface area contributed by atoms with E-state index in [1.54, 1.807) is 83.1 Å². The average molecular weight is 761 g/mol. The fourth-order valence-electron chi connectivity index (χ4n) is 3.62. The van der Waals surface area contributed by atoms with Crippen molar-refractivity contribution in [3.05, 3.63) is 130 Å². The number of hydrogen-bond acceptors (Lipinski definition) is 8. The quantitative estimate of drug-likeness (QED) is 0.192. The van der Waals surface area contributed by atoms with Crippen molar-refractivity contribution in [2.45, 2.75) is 27.7 Å². The third-order valence-corrected chi connectivity index (χ3v) is 6.77. The van der Waals surface area contributed by atoms with Gasteiger partial charge in [-0.2, -0.15) is 0 Å². The van der Waals surface area contributed by atoms with E-state index in [1.807, 2.05) is 27.7 Å². The summed E-state index contributed by atoms with van der Waals surface area (Å²) in [5.41, 5.74) is 1.38. The molecule has 0 saturated heterocycles. The van der Waals surface area contributed by atoms with Crippen LogP contribution in [0.2, 0.25) is 10.0 Å². The third-order valence-electron chi connectivity index (χ3n) is 6.11. The Balaban J connectivity index is -0.000000568. The molecular weight excluding hydrogens is 718 g/mol. The minimum atomic E-state index is -1.24. The van der Waals surface area contributed by atoms with Crippen LogP contribution in [0.4, 0.5) is 0 Å². The number of aromatic carboxylic acids is 2. The maximum atomic E-state index is 11.7. The van der Waals surface area contributed by atoms with Crippen LogP contribution in [0, 0.1) is 0 Å². The molecule has 2 aromatic heterocycles. The molecule has 0 aliphatic rings. The van der Waals surface area contributed by atoms with Crippen LogP contribution in [0.25, 0.3) is 0 Å². The number of carboxylic acids is 2. The second-order valence-corrected chi connectivity index (χ2v) is 9.79. The zero-order valence-corrected chi connectivity index (χ0v) is 30.3. The van der Waals surface area contributed by atoms with Crippen molar-refractivity contribution in [1.82, 2.24) is 19.8 Å². The SMILES string of the molecule is CCN(CC)C(=O)c1cccnc1.CCN(CC)C(=O)c1cccnc1.O=C([O-])c1ccccc1Cl.O=C([O-])c1ccccc1Cl.[Mn+2].[OH3+].[OH3+]. The number of hydrogen-bond donors (Lipinski definition) is 0. The number of aromatic nitrogens is 2. The zero-order chi connectivity index (χ0) is 34.5. The summed E-state index contributed by atoms with van der Waals surface area (Å²) in [6, 6.07) is 19.4. The second-order valence-electron chi connectivity index (χ2n) is 8.97. The van der Waals surface area contributed by atoms with E-state index in [2.05, 4.69) is 9.97 Å². The molecule has 1 radical (unpaired) electrons. The first kappa shape index (κ1) is 49.0. The number of benzene rings is 2. The van der Waals surface area contributed by atoms with Crippen molar-refractivity contribution in [2.75, 3.05) is 26.2 Å². The predicted octanol–water partition coefficient (Wildman–Crippen LogP) is 2.69. The maximum Gasteiger partial charge on any atom is 2.00 e. The van der Waals surface area contributed by atoms with Crippen molar-refractivity contribution < 1.29 is 57.4 Å². The number of carbonyl (C=O) groups is 4. The molecule has 0 atom stereocenters. The van der Waals surface area contributed by atoms with Crippen molar-refractivity contribution in [2.24, 2.45) is 0 Å². The van der Waals surface area contributed by atoms with E-state index in [1.165, 1.54) is 24.3 Å². The Morgan fingerprint density at radius 1 is 0.571 bits per heavy atom. The van der Waals surface area contributed by atoms with Gasteiger partial charge in [0.15, 0.2) is 0 Å². The van der Waals surface area contributed by atoms with Crippen LogP contribution in [0.1, 0.15) is 69.1 Å².